The average molecular weight is 233 g/mol. The van der Waals surface area contributed by atoms with Crippen LogP contribution in [-0.4, -0.2) is 5.11 Å². The minimum atomic E-state index is -0.483. The summed E-state index contributed by atoms with van der Waals surface area (Å²) in [5.74, 6) is -0.0353. The Kier molecular flexibility index (Phi) is 5.32. The highest BCUT2D eigenvalue weighted by Crippen LogP contribution is 2.31. The number of hydrogen-bond donors (Lipinski definition) is 2. The van der Waals surface area contributed by atoms with Crippen molar-refractivity contribution in [2.75, 3.05) is 0 Å². The Morgan fingerprint density at radius 3 is 2.79 bits per heavy atom. The number of benzene rings is 1. The minimum Gasteiger partial charge on any atom is -0.506 e. The largest absolute Gasteiger partial charge is 0.506 e. The van der Waals surface area contributed by atoms with Crippen molar-refractivity contribution in [3.8, 4) is 11.8 Å². The number of halogens is 2. The van der Waals surface area contributed by atoms with Crippen LogP contribution in [0.3, 0.4) is 0 Å². The van der Waals surface area contributed by atoms with Crippen LogP contribution < -0.4 is 5.73 Å². The molecular weight excluding hydrogens is 223 g/mol. The first-order valence-electron chi connectivity index (χ1n) is 3.76. The van der Waals surface area contributed by atoms with Gasteiger partial charge in [-0.25, -0.2) is 0 Å². The fourth-order valence-corrected chi connectivity index (χ4v) is 1.22. The fraction of sp³-hybridized carbons (Fsp3) is 0.222. The second kappa shape index (κ2) is 5.71. The molecule has 76 valence electrons. The first-order chi connectivity index (χ1) is 6.16. The molecule has 5 heteroatoms. The van der Waals surface area contributed by atoms with E-state index in [2.05, 4.69) is 0 Å². The van der Waals surface area contributed by atoms with E-state index in [-0.39, 0.29) is 29.6 Å². The predicted octanol–water partition coefficient (Wildman–Crippen LogP) is 2.38. The number of hydrogen-bond acceptors (Lipinski definition) is 3. The SMILES string of the molecule is Cl.N#CC[C@@H](N)c1cccc(Cl)c1O. The Morgan fingerprint density at radius 1 is 1.57 bits per heavy atom. The molecule has 0 aliphatic carbocycles. The normalized spacial score (nSPS) is 11.2. The standard InChI is InChI=1S/C9H9ClN2O.ClH/c10-7-3-1-2-6(9(7)13)8(12)4-5-11;/h1-3,8,13H,4,12H2;1H/t8-;/m1./s1. The molecule has 1 rings (SSSR count). The van der Waals surface area contributed by atoms with E-state index in [1.54, 1.807) is 18.2 Å². The lowest BCUT2D eigenvalue weighted by atomic mass is 10.0. The first-order valence-corrected chi connectivity index (χ1v) is 4.14. The second-order valence-electron chi connectivity index (χ2n) is 2.65. The van der Waals surface area contributed by atoms with Crippen LogP contribution in [0.5, 0.6) is 5.75 Å². The van der Waals surface area contributed by atoms with Crippen molar-refractivity contribution < 1.29 is 5.11 Å². The van der Waals surface area contributed by atoms with Gasteiger partial charge in [-0.1, -0.05) is 23.7 Å². The number of phenols is 1. The van der Waals surface area contributed by atoms with Gasteiger partial charge in [0.2, 0.25) is 0 Å². The van der Waals surface area contributed by atoms with Gasteiger partial charge in [0.25, 0.3) is 0 Å². The molecule has 1 aromatic carbocycles. The van der Waals surface area contributed by atoms with E-state index in [9.17, 15) is 5.11 Å². The van der Waals surface area contributed by atoms with Crippen LogP contribution in [0.4, 0.5) is 0 Å². The molecule has 0 aliphatic heterocycles. The molecule has 0 unspecified atom stereocenters. The minimum absolute atomic E-state index is 0. The molecule has 0 amide bonds. The van der Waals surface area contributed by atoms with E-state index in [0.29, 0.717) is 5.56 Å². The highest BCUT2D eigenvalue weighted by Gasteiger charge is 2.11. The van der Waals surface area contributed by atoms with Crippen LogP contribution in [0, 0.1) is 11.3 Å². The maximum atomic E-state index is 9.47. The van der Waals surface area contributed by atoms with Crippen molar-refractivity contribution in [3.05, 3.63) is 28.8 Å². The summed E-state index contributed by atoms with van der Waals surface area (Å²) in [4.78, 5) is 0. The Bertz CT molecular complexity index is 349. The molecule has 0 saturated carbocycles. The molecule has 0 heterocycles. The van der Waals surface area contributed by atoms with E-state index < -0.39 is 6.04 Å². The monoisotopic (exact) mass is 232 g/mol. The van der Waals surface area contributed by atoms with Crippen molar-refractivity contribution in [2.45, 2.75) is 12.5 Å². The summed E-state index contributed by atoms with van der Waals surface area (Å²) in [6.07, 6.45) is 0.161. The summed E-state index contributed by atoms with van der Waals surface area (Å²) >= 11 is 5.67. The Hall–Kier alpha value is -0.950. The molecule has 0 aliphatic rings. The van der Waals surface area contributed by atoms with Crippen molar-refractivity contribution in [1.82, 2.24) is 0 Å². The number of nitriles is 1. The Balaban J connectivity index is 0.00000169. The highest BCUT2D eigenvalue weighted by molar-refractivity contribution is 6.32. The summed E-state index contributed by atoms with van der Waals surface area (Å²) in [6.45, 7) is 0. The highest BCUT2D eigenvalue weighted by atomic mass is 35.5. The fourth-order valence-electron chi connectivity index (χ4n) is 1.04. The summed E-state index contributed by atoms with van der Waals surface area (Å²) < 4.78 is 0. The third kappa shape index (κ3) is 2.78. The second-order valence-corrected chi connectivity index (χ2v) is 3.05. The van der Waals surface area contributed by atoms with E-state index in [1.165, 1.54) is 0 Å². The van der Waals surface area contributed by atoms with Gasteiger partial charge < -0.3 is 10.8 Å². The molecule has 0 bridgehead atoms. The van der Waals surface area contributed by atoms with Gasteiger partial charge in [-0.15, -0.1) is 12.4 Å². The lowest BCUT2D eigenvalue weighted by molar-refractivity contribution is 0.462. The number of rotatable bonds is 2. The average Bonchev–Trinajstić information content (AvgIpc) is 2.10. The molecule has 14 heavy (non-hydrogen) atoms. The van der Waals surface area contributed by atoms with Gasteiger partial charge in [0.05, 0.1) is 17.5 Å². The van der Waals surface area contributed by atoms with Crippen molar-refractivity contribution >= 4 is 24.0 Å². The van der Waals surface area contributed by atoms with Gasteiger partial charge in [0.1, 0.15) is 5.75 Å². The van der Waals surface area contributed by atoms with Crippen molar-refractivity contribution in [3.63, 3.8) is 0 Å². The third-order valence-electron chi connectivity index (χ3n) is 1.73. The smallest absolute Gasteiger partial charge is 0.138 e. The zero-order valence-corrected chi connectivity index (χ0v) is 8.85. The van der Waals surface area contributed by atoms with Gasteiger partial charge in [-0.05, 0) is 6.07 Å². The summed E-state index contributed by atoms with van der Waals surface area (Å²) in [5.41, 5.74) is 6.14. The maximum absolute atomic E-state index is 9.47. The van der Waals surface area contributed by atoms with E-state index in [4.69, 9.17) is 22.6 Å². The number of phenolic OH excluding ortho intramolecular Hbond substituents is 1. The maximum Gasteiger partial charge on any atom is 0.138 e. The van der Waals surface area contributed by atoms with Crippen LogP contribution in [0.2, 0.25) is 5.02 Å². The van der Waals surface area contributed by atoms with Crippen LogP contribution in [0.25, 0.3) is 0 Å². The van der Waals surface area contributed by atoms with Crippen molar-refractivity contribution in [2.24, 2.45) is 5.73 Å². The molecule has 0 fully saturated rings. The zero-order chi connectivity index (χ0) is 9.84. The predicted molar refractivity (Wildman–Crippen MR) is 57.5 cm³/mol. The molecule has 0 saturated heterocycles. The lowest BCUT2D eigenvalue weighted by Gasteiger charge is -2.10. The molecule has 1 atom stereocenters. The van der Waals surface area contributed by atoms with E-state index in [1.807, 2.05) is 6.07 Å². The van der Waals surface area contributed by atoms with E-state index in [0.717, 1.165) is 0 Å². The Morgan fingerprint density at radius 2 is 2.21 bits per heavy atom. The van der Waals surface area contributed by atoms with Crippen molar-refractivity contribution in [1.29, 1.82) is 5.26 Å². The lowest BCUT2D eigenvalue weighted by Crippen LogP contribution is -2.09. The molecule has 3 nitrogen and oxygen atoms in total. The number of para-hydroxylation sites is 1. The van der Waals surface area contributed by atoms with E-state index >= 15 is 0 Å². The van der Waals surface area contributed by atoms with Gasteiger partial charge in [0.15, 0.2) is 0 Å². The molecule has 3 N–H and O–H groups in total. The zero-order valence-electron chi connectivity index (χ0n) is 7.27. The van der Waals surface area contributed by atoms with Gasteiger partial charge in [-0.2, -0.15) is 5.26 Å². The third-order valence-corrected chi connectivity index (χ3v) is 2.03. The summed E-state index contributed by atoms with van der Waals surface area (Å²) in [7, 11) is 0. The van der Waals surface area contributed by atoms with Crippen LogP contribution >= 0.6 is 24.0 Å². The summed E-state index contributed by atoms with van der Waals surface area (Å²) in [5, 5.41) is 18.1. The summed E-state index contributed by atoms with van der Waals surface area (Å²) in [6, 6.07) is 6.36. The first kappa shape index (κ1) is 13.1. The number of nitrogens with zero attached hydrogens (tertiary/aromatic N) is 1. The quantitative estimate of drug-likeness (QED) is 0.823. The molecule has 0 radical (unpaired) electrons. The van der Waals surface area contributed by atoms with Crippen LogP contribution in [-0.2, 0) is 0 Å². The van der Waals surface area contributed by atoms with Gasteiger partial charge in [0, 0.05) is 11.6 Å². The molecular formula is C9H10Cl2N2O. The number of aromatic hydroxyl groups is 1. The number of nitrogens with two attached hydrogens (primary N) is 1. The Labute approximate surface area is 93.5 Å². The molecule has 0 aromatic heterocycles. The van der Waals surface area contributed by atoms with Gasteiger partial charge in [-0.3, -0.25) is 0 Å². The molecule has 0 spiro atoms. The van der Waals surface area contributed by atoms with Gasteiger partial charge >= 0.3 is 0 Å². The van der Waals surface area contributed by atoms with Crippen LogP contribution in [0.1, 0.15) is 18.0 Å². The topological polar surface area (TPSA) is 70.0 Å². The molecule has 1 aromatic rings. The van der Waals surface area contributed by atoms with Crippen LogP contribution in [0.15, 0.2) is 18.2 Å².